The van der Waals surface area contributed by atoms with Crippen LogP contribution < -0.4 is 0 Å². The van der Waals surface area contributed by atoms with E-state index in [4.69, 9.17) is 4.74 Å². The summed E-state index contributed by atoms with van der Waals surface area (Å²) in [5.41, 5.74) is -1.15. The average molecular weight is 264 g/mol. The Morgan fingerprint density at radius 3 is 2.32 bits per heavy atom. The molecule has 0 bridgehead atoms. The van der Waals surface area contributed by atoms with Gasteiger partial charge in [0.25, 0.3) is 0 Å². The van der Waals surface area contributed by atoms with Gasteiger partial charge in [0.05, 0.1) is 6.10 Å². The maximum absolute atomic E-state index is 11.1. The molecule has 6 heteroatoms. The first-order chi connectivity index (χ1) is 8.98. The Balaban J connectivity index is 1.93. The third kappa shape index (κ3) is 1.47. The van der Waals surface area contributed by atoms with E-state index in [0.29, 0.717) is 5.56 Å². The first-order valence-corrected chi connectivity index (χ1v) is 5.76. The average Bonchev–Trinajstić information content (AvgIpc) is 2.87. The Labute approximate surface area is 108 Å². The fraction of sp³-hybridized carbons (Fsp3) is 0.308. The number of carbonyl (C=O) groups is 1. The van der Waals surface area contributed by atoms with Gasteiger partial charge in [0.15, 0.2) is 11.9 Å². The zero-order valence-electron chi connectivity index (χ0n) is 9.72. The summed E-state index contributed by atoms with van der Waals surface area (Å²) in [6.07, 6.45) is -2.62. The molecule has 1 aliphatic carbocycles. The molecule has 0 spiro atoms. The van der Waals surface area contributed by atoms with Crippen molar-refractivity contribution in [3.05, 3.63) is 47.4 Å². The number of carbonyl (C=O) groups excluding carboxylic acids is 1. The van der Waals surface area contributed by atoms with Crippen molar-refractivity contribution in [1.82, 2.24) is 0 Å². The van der Waals surface area contributed by atoms with Gasteiger partial charge in [-0.2, -0.15) is 0 Å². The summed E-state index contributed by atoms with van der Waals surface area (Å²) in [7, 11) is 0. The van der Waals surface area contributed by atoms with Gasteiger partial charge in [0.2, 0.25) is 5.76 Å². The highest BCUT2D eigenvalue weighted by Crippen LogP contribution is 2.56. The van der Waals surface area contributed by atoms with Crippen LogP contribution in [0.15, 0.2) is 41.9 Å². The van der Waals surface area contributed by atoms with E-state index in [2.05, 4.69) is 0 Å². The fourth-order valence-electron chi connectivity index (χ4n) is 2.56. The van der Waals surface area contributed by atoms with Crippen molar-refractivity contribution < 1.29 is 30.0 Å². The standard InChI is InChI=1S/C13H12O6/c14-8-9(15)12(17)19-11(8)13(18)7(10(13)16)6-4-2-1-3-5-6/h1-5,7,10-11,14-16,18H/t7?,10?,11-,13-/m0/s1. The number of cyclic esters (lactones) is 1. The summed E-state index contributed by atoms with van der Waals surface area (Å²) in [4.78, 5) is 11.1. The SMILES string of the molecule is O=C1O[C@H]([C@@]2(O)C(O)C2c2ccccc2)C(O)=C1O. The highest BCUT2D eigenvalue weighted by molar-refractivity contribution is 5.89. The van der Waals surface area contributed by atoms with Gasteiger partial charge in [-0.25, -0.2) is 4.79 Å². The number of benzene rings is 1. The monoisotopic (exact) mass is 264 g/mol. The van der Waals surface area contributed by atoms with Gasteiger partial charge < -0.3 is 25.2 Å². The van der Waals surface area contributed by atoms with E-state index >= 15 is 0 Å². The molecule has 2 aliphatic rings. The van der Waals surface area contributed by atoms with E-state index in [1.165, 1.54) is 0 Å². The number of hydrogen-bond donors (Lipinski definition) is 4. The van der Waals surface area contributed by atoms with Gasteiger partial charge in [-0.3, -0.25) is 0 Å². The molecule has 6 nitrogen and oxygen atoms in total. The number of ether oxygens (including phenoxy) is 1. The highest BCUT2D eigenvalue weighted by Gasteiger charge is 2.72. The Morgan fingerprint density at radius 2 is 1.79 bits per heavy atom. The normalized spacial score (nSPS) is 37.4. The summed E-state index contributed by atoms with van der Waals surface area (Å²) < 4.78 is 4.71. The Kier molecular flexibility index (Phi) is 2.35. The minimum Gasteiger partial charge on any atom is -0.505 e. The molecular formula is C13H12O6. The second kappa shape index (κ2) is 3.72. The first kappa shape index (κ1) is 12.0. The molecule has 1 fully saturated rings. The molecule has 0 saturated heterocycles. The van der Waals surface area contributed by atoms with Crippen molar-refractivity contribution in [3.63, 3.8) is 0 Å². The zero-order chi connectivity index (χ0) is 13.8. The molecule has 1 heterocycles. The van der Waals surface area contributed by atoms with Crippen LogP contribution in [0.5, 0.6) is 0 Å². The predicted octanol–water partition coefficient (Wildman–Crippen LogP) is 0.129. The first-order valence-electron chi connectivity index (χ1n) is 5.76. The minimum atomic E-state index is -1.81. The van der Waals surface area contributed by atoms with Crippen molar-refractivity contribution in [2.75, 3.05) is 0 Å². The highest BCUT2D eigenvalue weighted by atomic mass is 16.6. The molecule has 1 aromatic carbocycles. The predicted molar refractivity (Wildman–Crippen MR) is 62.3 cm³/mol. The molecule has 0 amide bonds. The van der Waals surface area contributed by atoms with E-state index < -0.39 is 41.2 Å². The molecule has 1 aromatic rings. The Bertz CT molecular complexity index is 566. The van der Waals surface area contributed by atoms with Crippen molar-refractivity contribution in [1.29, 1.82) is 0 Å². The molecule has 0 aromatic heterocycles. The van der Waals surface area contributed by atoms with Gasteiger partial charge in [-0.05, 0) is 5.56 Å². The quantitative estimate of drug-likeness (QED) is 0.565. The van der Waals surface area contributed by atoms with Crippen LogP contribution in [0.3, 0.4) is 0 Å². The van der Waals surface area contributed by atoms with Gasteiger partial charge in [-0.15, -0.1) is 0 Å². The van der Waals surface area contributed by atoms with E-state index in [1.54, 1.807) is 30.3 Å². The van der Waals surface area contributed by atoms with Crippen LogP contribution in [0.25, 0.3) is 0 Å². The second-order valence-electron chi connectivity index (χ2n) is 4.74. The van der Waals surface area contributed by atoms with E-state index in [1.807, 2.05) is 0 Å². The van der Waals surface area contributed by atoms with Crippen LogP contribution in [0.4, 0.5) is 0 Å². The lowest BCUT2D eigenvalue weighted by atomic mass is 10.0. The third-order valence-corrected chi connectivity index (χ3v) is 3.67. The number of hydrogen-bond acceptors (Lipinski definition) is 6. The van der Waals surface area contributed by atoms with Crippen molar-refractivity contribution in [2.24, 2.45) is 0 Å². The smallest absolute Gasteiger partial charge is 0.378 e. The minimum absolute atomic E-state index is 0.660. The van der Waals surface area contributed by atoms with Crippen LogP contribution in [0.1, 0.15) is 11.5 Å². The number of rotatable bonds is 2. The van der Waals surface area contributed by atoms with Crippen LogP contribution >= 0.6 is 0 Å². The van der Waals surface area contributed by atoms with Gasteiger partial charge >= 0.3 is 5.97 Å². The van der Waals surface area contributed by atoms with Crippen molar-refractivity contribution in [3.8, 4) is 0 Å². The lowest BCUT2D eigenvalue weighted by Gasteiger charge is -2.17. The summed E-state index contributed by atoms with van der Waals surface area (Å²) in [5.74, 6) is -3.46. The van der Waals surface area contributed by atoms with Crippen LogP contribution in [0, 0.1) is 0 Å². The van der Waals surface area contributed by atoms with Crippen LogP contribution in [0.2, 0.25) is 0 Å². The van der Waals surface area contributed by atoms with Crippen molar-refractivity contribution in [2.45, 2.75) is 23.7 Å². The molecular weight excluding hydrogens is 252 g/mol. The summed E-state index contributed by atoms with van der Waals surface area (Å²) in [5, 5.41) is 39.1. The lowest BCUT2D eigenvalue weighted by Crippen LogP contribution is -2.35. The maximum atomic E-state index is 11.1. The van der Waals surface area contributed by atoms with E-state index in [0.717, 1.165) is 0 Å². The number of aliphatic hydroxyl groups is 4. The van der Waals surface area contributed by atoms with Gasteiger partial charge in [0.1, 0.15) is 5.60 Å². The summed E-state index contributed by atoms with van der Waals surface area (Å²) in [6.45, 7) is 0. The number of esters is 1. The summed E-state index contributed by atoms with van der Waals surface area (Å²) in [6, 6.07) is 8.70. The summed E-state index contributed by atoms with van der Waals surface area (Å²) >= 11 is 0. The molecule has 3 rings (SSSR count). The molecule has 1 saturated carbocycles. The molecule has 19 heavy (non-hydrogen) atoms. The molecule has 4 atom stereocenters. The molecule has 4 N–H and O–H groups in total. The van der Waals surface area contributed by atoms with Crippen LogP contribution in [-0.4, -0.2) is 44.2 Å². The molecule has 100 valence electrons. The maximum Gasteiger partial charge on any atom is 0.378 e. The molecule has 1 aliphatic heterocycles. The molecule has 2 unspecified atom stereocenters. The second-order valence-corrected chi connectivity index (χ2v) is 4.74. The Morgan fingerprint density at radius 1 is 1.16 bits per heavy atom. The molecule has 0 radical (unpaired) electrons. The van der Waals surface area contributed by atoms with Gasteiger partial charge in [-0.1, -0.05) is 30.3 Å². The lowest BCUT2D eigenvalue weighted by molar-refractivity contribution is -0.149. The van der Waals surface area contributed by atoms with Crippen LogP contribution in [-0.2, 0) is 9.53 Å². The zero-order valence-corrected chi connectivity index (χ0v) is 9.72. The number of aliphatic hydroxyl groups excluding tert-OH is 3. The van der Waals surface area contributed by atoms with Gasteiger partial charge in [0, 0.05) is 5.92 Å². The van der Waals surface area contributed by atoms with E-state index in [-0.39, 0.29) is 0 Å². The Hall–Kier alpha value is -2.05. The van der Waals surface area contributed by atoms with Crippen molar-refractivity contribution >= 4 is 5.97 Å². The third-order valence-electron chi connectivity index (χ3n) is 3.67. The fourth-order valence-corrected chi connectivity index (χ4v) is 2.56. The topological polar surface area (TPSA) is 107 Å². The van der Waals surface area contributed by atoms with E-state index in [9.17, 15) is 25.2 Å². The largest absolute Gasteiger partial charge is 0.505 e.